The monoisotopic (exact) mass is 225 g/mol. The van der Waals surface area contributed by atoms with E-state index in [1.807, 2.05) is 0 Å². The number of methoxy groups -OCH3 is 1. The van der Waals surface area contributed by atoms with Crippen molar-refractivity contribution in [2.75, 3.05) is 7.11 Å². The van der Waals surface area contributed by atoms with Gasteiger partial charge in [-0.1, -0.05) is 20.8 Å². The van der Waals surface area contributed by atoms with Crippen LogP contribution in [0.1, 0.15) is 40.5 Å². The molecule has 1 aliphatic carbocycles. The molecular formula is C13H23NO2. The second-order valence-corrected chi connectivity index (χ2v) is 5.96. The van der Waals surface area contributed by atoms with Gasteiger partial charge in [0.05, 0.1) is 12.0 Å². The number of ether oxygens (including phenoxy) is 1. The predicted molar refractivity (Wildman–Crippen MR) is 63.0 cm³/mol. The maximum Gasteiger partial charge on any atom is 0.223 e. The molecule has 3 fully saturated rings. The third kappa shape index (κ3) is 1.33. The summed E-state index contributed by atoms with van der Waals surface area (Å²) in [6.07, 6.45) is 1.49. The van der Waals surface area contributed by atoms with E-state index in [0.29, 0.717) is 24.2 Å². The second kappa shape index (κ2) is 3.46. The molecule has 3 aliphatic rings. The van der Waals surface area contributed by atoms with Gasteiger partial charge in [0.15, 0.2) is 0 Å². The molecule has 1 N–H and O–H groups in total. The van der Waals surface area contributed by atoms with Gasteiger partial charge in [-0.25, -0.2) is 0 Å². The number of rotatable bonds is 1. The van der Waals surface area contributed by atoms with Crippen molar-refractivity contribution in [3.8, 4) is 0 Å². The number of carbonyl (C=O) groups is 1. The quantitative estimate of drug-likeness (QED) is 0.741. The summed E-state index contributed by atoms with van der Waals surface area (Å²) in [7, 11) is 1.75. The standard InChI is InChI=1S/C13H23NO2/c1-8-6-13(16-5)7-11(15)14-12(8,4)9(2)10(13)3/h8-10H,6-7H2,1-5H3,(H,14,15). The van der Waals surface area contributed by atoms with Gasteiger partial charge in [0.1, 0.15) is 0 Å². The Bertz CT molecular complexity index is 315. The van der Waals surface area contributed by atoms with Gasteiger partial charge in [0.2, 0.25) is 5.91 Å². The lowest BCUT2D eigenvalue weighted by Crippen LogP contribution is -2.60. The Balaban J connectivity index is 2.49. The number of hydrogen-bond donors (Lipinski definition) is 1. The topological polar surface area (TPSA) is 38.3 Å². The Kier molecular flexibility index (Phi) is 2.57. The van der Waals surface area contributed by atoms with E-state index in [1.54, 1.807) is 7.11 Å². The zero-order valence-corrected chi connectivity index (χ0v) is 11.0. The van der Waals surface area contributed by atoms with Crippen LogP contribution in [0.25, 0.3) is 0 Å². The average Bonchev–Trinajstić information content (AvgIpc) is 2.36. The summed E-state index contributed by atoms with van der Waals surface area (Å²) in [4.78, 5) is 12.0. The normalized spacial score (nSPS) is 52.3. The van der Waals surface area contributed by atoms with E-state index in [9.17, 15) is 4.79 Å². The maximum absolute atomic E-state index is 12.0. The molecule has 5 unspecified atom stereocenters. The molecule has 3 rings (SSSR count). The smallest absolute Gasteiger partial charge is 0.223 e. The highest BCUT2D eigenvalue weighted by Crippen LogP contribution is 2.51. The van der Waals surface area contributed by atoms with Crippen LogP contribution in [-0.2, 0) is 9.53 Å². The molecule has 92 valence electrons. The average molecular weight is 225 g/mol. The lowest BCUT2D eigenvalue weighted by molar-refractivity contribution is -0.133. The van der Waals surface area contributed by atoms with E-state index in [1.165, 1.54) is 0 Å². The van der Waals surface area contributed by atoms with Gasteiger partial charge in [0, 0.05) is 12.6 Å². The van der Waals surface area contributed by atoms with Crippen molar-refractivity contribution in [3.05, 3.63) is 0 Å². The first-order valence-corrected chi connectivity index (χ1v) is 6.22. The highest BCUT2D eigenvalue weighted by atomic mass is 16.5. The molecule has 0 aromatic carbocycles. The Hall–Kier alpha value is -0.570. The van der Waals surface area contributed by atoms with Crippen molar-refractivity contribution in [2.24, 2.45) is 17.8 Å². The van der Waals surface area contributed by atoms with E-state index in [4.69, 9.17) is 4.74 Å². The number of hydrogen-bond acceptors (Lipinski definition) is 2. The van der Waals surface area contributed by atoms with E-state index >= 15 is 0 Å². The van der Waals surface area contributed by atoms with Crippen molar-refractivity contribution in [1.29, 1.82) is 0 Å². The fourth-order valence-corrected chi connectivity index (χ4v) is 3.77. The first-order chi connectivity index (χ1) is 7.35. The lowest BCUT2D eigenvalue weighted by Gasteiger charge is -2.52. The summed E-state index contributed by atoms with van der Waals surface area (Å²) in [6, 6.07) is 0. The highest BCUT2D eigenvalue weighted by molar-refractivity contribution is 5.79. The van der Waals surface area contributed by atoms with Gasteiger partial charge in [0.25, 0.3) is 0 Å². The second-order valence-electron chi connectivity index (χ2n) is 5.96. The zero-order chi connectivity index (χ0) is 12.1. The van der Waals surface area contributed by atoms with Crippen LogP contribution in [0.5, 0.6) is 0 Å². The molecule has 16 heavy (non-hydrogen) atoms. The molecule has 3 nitrogen and oxygen atoms in total. The maximum atomic E-state index is 12.0. The van der Waals surface area contributed by atoms with Crippen LogP contribution in [0.15, 0.2) is 0 Å². The van der Waals surface area contributed by atoms with Crippen molar-refractivity contribution in [3.63, 3.8) is 0 Å². The zero-order valence-electron chi connectivity index (χ0n) is 11.0. The minimum Gasteiger partial charge on any atom is -0.377 e. The summed E-state index contributed by atoms with van der Waals surface area (Å²) in [5, 5.41) is 3.22. The first-order valence-electron chi connectivity index (χ1n) is 6.22. The number of amides is 1. The molecule has 1 amide bonds. The van der Waals surface area contributed by atoms with Gasteiger partial charge in [-0.05, 0) is 31.1 Å². The van der Waals surface area contributed by atoms with Gasteiger partial charge in [-0.3, -0.25) is 4.79 Å². The minimum atomic E-state index is -0.251. The molecule has 2 heterocycles. The summed E-state index contributed by atoms with van der Waals surface area (Å²) in [6.45, 7) is 8.86. The molecule has 2 bridgehead atoms. The van der Waals surface area contributed by atoms with E-state index in [-0.39, 0.29) is 17.0 Å². The summed E-state index contributed by atoms with van der Waals surface area (Å²) >= 11 is 0. The molecule has 0 aromatic heterocycles. The van der Waals surface area contributed by atoms with E-state index < -0.39 is 0 Å². The van der Waals surface area contributed by atoms with E-state index in [2.05, 4.69) is 33.0 Å². The highest BCUT2D eigenvalue weighted by Gasteiger charge is 2.58. The van der Waals surface area contributed by atoms with Crippen molar-refractivity contribution >= 4 is 5.91 Å². The van der Waals surface area contributed by atoms with Crippen molar-refractivity contribution in [1.82, 2.24) is 5.32 Å². The number of fused-ring (bicyclic) bond motifs is 4. The molecule has 2 saturated heterocycles. The molecule has 2 aliphatic heterocycles. The minimum absolute atomic E-state index is 0.0744. The predicted octanol–water partition coefficient (Wildman–Crippen LogP) is 1.96. The number of nitrogens with one attached hydrogen (secondary N) is 1. The van der Waals surface area contributed by atoms with Crippen LogP contribution in [0, 0.1) is 17.8 Å². The third-order valence-electron chi connectivity index (χ3n) is 5.48. The molecule has 0 spiro atoms. The summed E-state index contributed by atoms with van der Waals surface area (Å²) < 4.78 is 5.75. The molecule has 0 radical (unpaired) electrons. The Morgan fingerprint density at radius 2 is 1.94 bits per heavy atom. The van der Waals surface area contributed by atoms with Crippen LogP contribution in [0.2, 0.25) is 0 Å². The van der Waals surface area contributed by atoms with Crippen molar-refractivity contribution < 1.29 is 9.53 Å². The van der Waals surface area contributed by atoms with E-state index in [0.717, 1.165) is 6.42 Å². The van der Waals surface area contributed by atoms with Crippen LogP contribution in [-0.4, -0.2) is 24.2 Å². The molecule has 0 aromatic rings. The molecule has 5 atom stereocenters. The Morgan fingerprint density at radius 1 is 1.31 bits per heavy atom. The summed E-state index contributed by atoms with van der Waals surface area (Å²) in [5.41, 5.74) is -0.325. The fourth-order valence-electron chi connectivity index (χ4n) is 3.77. The van der Waals surface area contributed by atoms with Gasteiger partial charge in [-0.15, -0.1) is 0 Å². The van der Waals surface area contributed by atoms with Crippen LogP contribution in [0.4, 0.5) is 0 Å². The Labute approximate surface area is 97.9 Å². The lowest BCUT2D eigenvalue weighted by atomic mass is 9.58. The molecule has 3 heteroatoms. The molecule has 1 saturated carbocycles. The SMILES string of the molecule is COC12CC(=O)NC(C)(C(C)C1)C(C)C2C. The Morgan fingerprint density at radius 3 is 2.50 bits per heavy atom. The van der Waals surface area contributed by atoms with Crippen molar-refractivity contribution in [2.45, 2.75) is 51.7 Å². The first kappa shape index (κ1) is 11.9. The largest absolute Gasteiger partial charge is 0.377 e. The van der Waals surface area contributed by atoms with Gasteiger partial charge >= 0.3 is 0 Å². The van der Waals surface area contributed by atoms with Crippen LogP contribution in [0.3, 0.4) is 0 Å². The van der Waals surface area contributed by atoms with Crippen LogP contribution >= 0.6 is 0 Å². The fraction of sp³-hybridized carbons (Fsp3) is 0.923. The molecular weight excluding hydrogens is 202 g/mol. The van der Waals surface area contributed by atoms with Crippen LogP contribution < -0.4 is 5.32 Å². The van der Waals surface area contributed by atoms with Gasteiger partial charge < -0.3 is 10.1 Å². The summed E-state index contributed by atoms with van der Waals surface area (Å²) in [5.74, 6) is 1.47. The third-order valence-corrected chi connectivity index (χ3v) is 5.48. The van der Waals surface area contributed by atoms with Gasteiger partial charge in [-0.2, -0.15) is 0 Å². The number of carbonyl (C=O) groups excluding carboxylic acids is 1.